The Hall–Kier alpha value is -1.21. The highest BCUT2D eigenvalue weighted by Gasteiger charge is 2.45. The van der Waals surface area contributed by atoms with Gasteiger partial charge in [0.1, 0.15) is 0 Å². The van der Waals surface area contributed by atoms with E-state index in [1.165, 1.54) is 10.4 Å². The lowest BCUT2D eigenvalue weighted by Crippen LogP contribution is -2.35. The first kappa shape index (κ1) is 23.5. The van der Waals surface area contributed by atoms with E-state index in [-0.39, 0.29) is 11.4 Å². The molecular weight excluding hydrogens is 445 g/mol. The van der Waals surface area contributed by atoms with Gasteiger partial charge in [0.2, 0.25) is 10.0 Å². The van der Waals surface area contributed by atoms with Crippen LogP contribution >= 0.6 is 11.3 Å². The third-order valence-corrected chi connectivity index (χ3v) is 8.53. The van der Waals surface area contributed by atoms with Crippen molar-refractivity contribution in [2.45, 2.75) is 43.8 Å². The fraction of sp³-hybridized carbons (Fsp3) is 0.722. The van der Waals surface area contributed by atoms with E-state index in [2.05, 4.69) is 28.0 Å². The van der Waals surface area contributed by atoms with E-state index < -0.39 is 22.2 Å². The van der Waals surface area contributed by atoms with Gasteiger partial charge in [-0.05, 0) is 36.8 Å². The van der Waals surface area contributed by atoms with E-state index in [0.29, 0.717) is 25.0 Å². The summed E-state index contributed by atoms with van der Waals surface area (Å²) in [5.41, 5.74) is 1.36. The van der Waals surface area contributed by atoms with Gasteiger partial charge in [-0.15, -0.1) is 11.3 Å². The average Bonchev–Trinajstić information content (AvgIpc) is 3.20. The van der Waals surface area contributed by atoms with Crippen LogP contribution < -0.4 is 4.72 Å². The van der Waals surface area contributed by atoms with Gasteiger partial charge in [-0.25, -0.2) is 17.9 Å². The monoisotopic (exact) mass is 470 g/mol. The van der Waals surface area contributed by atoms with Crippen molar-refractivity contribution in [1.82, 2.24) is 9.62 Å². The molecule has 12 heteroatoms. The lowest BCUT2D eigenvalue weighted by atomic mass is 9.93. The molecule has 2 aliphatic heterocycles. The molecule has 0 amide bonds. The Balaban J connectivity index is 0.000000318. The number of hydrogen-bond donors (Lipinski definition) is 2. The molecule has 3 atom stereocenters. The van der Waals surface area contributed by atoms with E-state index in [9.17, 15) is 21.6 Å². The number of ether oxygens (including phenoxy) is 1. The van der Waals surface area contributed by atoms with Gasteiger partial charge >= 0.3 is 12.1 Å². The molecule has 1 aliphatic carbocycles. The Morgan fingerprint density at radius 1 is 1.37 bits per heavy atom. The molecule has 1 saturated carbocycles. The van der Waals surface area contributed by atoms with Crippen LogP contribution in [0.2, 0.25) is 0 Å². The molecule has 3 heterocycles. The number of hydrogen-bond acceptors (Lipinski definition) is 6. The van der Waals surface area contributed by atoms with Crippen LogP contribution in [-0.4, -0.2) is 68.2 Å². The minimum Gasteiger partial charge on any atom is -0.475 e. The maximum atomic E-state index is 12.0. The summed E-state index contributed by atoms with van der Waals surface area (Å²) in [6, 6.07) is 2.17. The summed E-state index contributed by atoms with van der Waals surface area (Å²) in [5, 5.41) is 9.13. The van der Waals surface area contributed by atoms with Gasteiger partial charge in [0.25, 0.3) is 0 Å². The molecule has 1 aromatic rings. The molecule has 170 valence electrons. The van der Waals surface area contributed by atoms with Crippen molar-refractivity contribution in [3.8, 4) is 0 Å². The largest absolute Gasteiger partial charge is 0.490 e. The van der Waals surface area contributed by atoms with Gasteiger partial charge in [-0.2, -0.15) is 13.2 Å². The Labute approximate surface area is 177 Å². The number of sulfonamides is 1. The van der Waals surface area contributed by atoms with Gasteiger partial charge in [-0.3, -0.25) is 4.90 Å². The van der Waals surface area contributed by atoms with E-state index in [0.717, 1.165) is 32.5 Å². The highest BCUT2D eigenvalue weighted by molar-refractivity contribution is 7.90. The summed E-state index contributed by atoms with van der Waals surface area (Å²) in [5.74, 6) is -1.99. The third kappa shape index (κ3) is 5.94. The van der Waals surface area contributed by atoms with Gasteiger partial charge < -0.3 is 9.84 Å². The van der Waals surface area contributed by atoms with E-state index in [1.807, 2.05) is 11.3 Å². The summed E-state index contributed by atoms with van der Waals surface area (Å²) >= 11 is 1.81. The molecule has 7 nitrogen and oxygen atoms in total. The quantitative estimate of drug-likeness (QED) is 0.662. The number of aliphatic carboxylic acids is 1. The second-order valence-electron chi connectivity index (χ2n) is 7.91. The molecule has 3 fully saturated rings. The number of nitrogens with one attached hydrogen (secondary N) is 1. The number of carboxylic acid groups (broad SMARTS) is 1. The molecule has 30 heavy (non-hydrogen) atoms. The normalized spacial score (nSPS) is 26.9. The maximum Gasteiger partial charge on any atom is 0.490 e. The summed E-state index contributed by atoms with van der Waals surface area (Å²) < 4.78 is 64.5. The maximum absolute atomic E-state index is 12.0. The van der Waals surface area contributed by atoms with Crippen molar-refractivity contribution in [2.75, 3.05) is 26.2 Å². The minimum atomic E-state index is -5.08. The van der Waals surface area contributed by atoms with Crippen molar-refractivity contribution in [3.63, 3.8) is 0 Å². The summed E-state index contributed by atoms with van der Waals surface area (Å²) in [6.07, 6.45) is -3.18. The zero-order valence-electron chi connectivity index (χ0n) is 16.4. The van der Waals surface area contributed by atoms with Crippen molar-refractivity contribution >= 4 is 27.3 Å². The molecule has 1 aromatic heterocycles. The summed E-state index contributed by atoms with van der Waals surface area (Å²) in [7, 11) is -3.08. The van der Waals surface area contributed by atoms with Gasteiger partial charge in [0.05, 0.1) is 18.0 Å². The number of nitrogens with zero attached hydrogens (tertiary/aromatic N) is 1. The van der Waals surface area contributed by atoms with E-state index in [4.69, 9.17) is 14.6 Å². The first-order chi connectivity index (χ1) is 14.0. The second kappa shape index (κ2) is 9.11. The predicted octanol–water partition coefficient (Wildman–Crippen LogP) is 2.22. The van der Waals surface area contributed by atoms with E-state index in [1.54, 1.807) is 0 Å². The molecule has 4 rings (SSSR count). The number of likely N-dealkylation sites (tertiary alicyclic amines) is 1. The molecule has 0 unspecified atom stereocenters. The molecule has 0 aromatic carbocycles. The van der Waals surface area contributed by atoms with Crippen molar-refractivity contribution < 1.29 is 36.2 Å². The van der Waals surface area contributed by atoms with Crippen LogP contribution in [0.25, 0.3) is 0 Å². The van der Waals surface area contributed by atoms with Gasteiger partial charge in [0.15, 0.2) is 0 Å². The highest BCUT2D eigenvalue weighted by Crippen LogP contribution is 2.35. The standard InChI is InChI=1S/C16H24N2O3S2.C2HF3O2/c1-11-4-5-22-16(11)9-18-7-14-12(10-21-15(14)8-18)6-17-23(19,20)13-2-3-13;3-2(4,5)1(6)7/h4-5,12-15,17H,2-3,6-10H2,1H3;(H,6,7)/t12-,14+,15+;/m0./s1. The summed E-state index contributed by atoms with van der Waals surface area (Å²) in [6.45, 7) is 6.35. The molecule has 0 radical (unpaired) electrons. The highest BCUT2D eigenvalue weighted by atomic mass is 32.2. The first-order valence-corrected chi connectivity index (χ1v) is 12.1. The number of aryl methyl sites for hydroxylation is 1. The Bertz CT molecular complexity index is 854. The van der Waals surface area contributed by atoms with Crippen molar-refractivity contribution in [3.05, 3.63) is 21.9 Å². The average molecular weight is 471 g/mol. The van der Waals surface area contributed by atoms with E-state index >= 15 is 0 Å². The molecule has 0 bridgehead atoms. The minimum absolute atomic E-state index is 0.137. The zero-order chi connectivity index (χ0) is 22.1. The third-order valence-electron chi connectivity index (χ3n) is 5.60. The topological polar surface area (TPSA) is 95.9 Å². The number of alkyl halides is 3. The smallest absolute Gasteiger partial charge is 0.475 e. The van der Waals surface area contributed by atoms with Crippen LogP contribution in [0.4, 0.5) is 13.2 Å². The SMILES string of the molecule is Cc1ccsc1CN1C[C@@H]2[C@@H](CNS(=O)(=O)C3CC3)CO[C@@H]2C1.O=C(O)C(F)(F)F. The Morgan fingerprint density at radius 2 is 2.03 bits per heavy atom. The molecule has 0 spiro atoms. The summed E-state index contributed by atoms with van der Waals surface area (Å²) in [4.78, 5) is 12.8. The number of thiophene rings is 1. The van der Waals surface area contributed by atoms with Crippen LogP contribution in [-0.2, 0) is 26.1 Å². The first-order valence-electron chi connectivity index (χ1n) is 9.63. The Kier molecular flexibility index (Phi) is 7.12. The fourth-order valence-electron chi connectivity index (χ4n) is 3.71. The molecule has 2 N–H and O–H groups in total. The van der Waals surface area contributed by atoms with Gasteiger partial charge in [-0.1, -0.05) is 0 Å². The lowest BCUT2D eigenvalue weighted by Gasteiger charge is -2.19. The molecule has 3 aliphatic rings. The predicted molar refractivity (Wildman–Crippen MR) is 105 cm³/mol. The van der Waals surface area contributed by atoms with Crippen LogP contribution in [0.5, 0.6) is 0 Å². The number of halogens is 3. The fourth-order valence-corrected chi connectivity index (χ4v) is 6.09. The second-order valence-corrected chi connectivity index (χ2v) is 11.0. The molecular formula is C18H25F3N2O5S2. The number of carbonyl (C=O) groups is 1. The Morgan fingerprint density at radius 3 is 2.57 bits per heavy atom. The van der Waals surface area contributed by atoms with Crippen LogP contribution in [0.1, 0.15) is 23.3 Å². The van der Waals surface area contributed by atoms with Crippen molar-refractivity contribution in [1.29, 1.82) is 0 Å². The van der Waals surface area contributed by atoms with Crippen molar-refractivity contribution in [2.24, 2.45) is 11.8 Å². The van der Waals surface area contributed by atoms with Crippen LogP contribution in [0.15, 0.2) is 11.4 Å². The molecule has 2 saturated heterocycles. The number of fused-ring (bicyclic) bond motifs is 1. The van der Waals surface area contributed by atoms with Crippen LogP contribution in [0, 0.1) is 18.8 Å². The number of rotatable bonds is 6. The van der Waals surface area contributed by atoms with Gasteiger partial charge in [0, 0.05) is 42.9 Å². The number of carboxylic acids is 1. The zero-order valence-corrected chi connectivity index (χ0v) is 18.0. The lowest BCUT2D eigenvalue weighted by molar-refractivity contribution is -0.192. The van der Waals surface area contributed by atoms with Crippen LogP contribution in [0.3, 0.4) is 0 Å².